The average molecular weight is 418 g/mol. The Balaban J connectivity index is 1.63. The predicted molar refractivity (Wildman–Crippen MR) is 121 cm³/mol. The van der Waals surface area contributed by atoms with Crippen LogP contribution in [0.5, 0.6) is 11.5 Å². The minimum atomic E-state index is 0.115. The number of phenolic OH excluding ortho intramolecular Hbond substituents is 1. The van der Waals surface area contributed by atoms with Crippen LogP contribution in [0, 0.1) is 0 Å². The van der Waals surface area contributed by atoms with Crippen LogP contribution < -0.4 is 20.6 Å². The number of aliphatic imine (C=N–C) groups is 1. The standard InChI is InChI=1S/C24H20ClN3O2/c1-26-7-4-8-30-23-11-20-16(10-22(23)29)24-18-13-27-12-17(18)15(9-21(24)28-20)14-5-2-3-6-19(14)25/h2-3,5-6,9-13,26,29H,4,7-8H2,1H3. The van der Waals surface area contributed by atoms with E-state index in [1.165, 1.54) is 0 Å². The van der Waals surface area contributed by atoms with Crippen molar-refractivity contribution in [2.45, 2.75) is 6.42 Å². The van der Waals surface area contributed by atoms with Gasteiger partial charge in [-0.25, -0.2) is 4.99 Å². The Bertz CT molecular complexity index is 1320. The number of nitrogens with one attached hydrogen (secondary N) is 1. The van der Waals surface area contributed by atoms with Crippen molar-refractivity contribution in [3.05, 3.63) is 63.6 Å². The number of fused-ring (bicyclic) bond motifs is 5. The minimum absolute atomic E-state index is 0.115. The Morgan fingerprint density at radius 1 is 1.10 bits per heavy atom. The molecule has 0 aliphatic carbocycles. The highest BCUT2D eigenvalue weighted by Crippen LogP contribution is 2.42. The fraction of sp³-hybridized carbons (Fsp3) is 0.167. The van der Waals surface area contributed by atoms with Gasteiger partial charge in [-0.1, -0.05) is 29.8 Å². The smallest absolute Gasteiger partial charge is 0.163 e. The van der Waals surface area contributed by atoms with Gasteiger partial charge >= 0.3 is 0 Å². The normalized spacial score (nSPS) is 12.7. The monoisotopic (exact) mass is 417 g/mol. The summed E-state index contributed by atoms with van der Waals surface area (Å²) in [6.45, 7) is 1.38. The number of phenols is 1. The molecule has 6 heteroatoms. The van der Waals surface area contributed by atoms with Gasteiger partial charge in [-0.05, 0) is 43.8 Å². The van der Waals surface area contributed by atoms with Gasteiger partial charge < -0.3 is 15.2 Å². The minimum Gasteiger partial charge on any atom is -0.504 e. The number of hydrogen-bond acceptors (Lipinski definition) is 5. The van der Waals surface area contributed by atoms with Crippen molar-refractivity contribution in [1.82, 2.24) is 5.32 Å². The van der Waals surface area contributed by atoms with Gasteiger partial charge in [0.2, 0.25) is 0 Å². The third-order valence-electron chi connectivity index (χ3n) is 5.37. The molecule has 0 radical (unpaired) electrons. The molecule has 2 heterocycles. The van der Waals surface area contributed by atoms with E-state index >= 15 is 0 Å². The largest absolute Gasteiger partial charge is 0.504 e. The van der Waals surface area contributed by atoms with Gasteiger partial charge in [0, 0.05) is 51.0 Å². The van der Waals surface area contributed by atoms with E-state index < -0.39 is 0 Å². The van der Waals surface area contributed by atoms with E-state index in [-0.39, 0.29) is 5.75 Å². The summed E-state index contributed by atoms with van der Waals surface area (Å²) >= 11 is 6.47. The number of hydrogen-bond donors (Lipinski definition) is 2. The van der Waals surface area contributed by atoms with Gasteiger partial charge in [-0.15, -0.1) is 0 Å². The number of halogens is 1. The zero-order valence-corrected chi connectivity index (χ0v) is 17.2. The molecule has 2 aliphatic rings. The van der Waals surface area contributed by atoms with Gasteiger partial charge in [0.05, 0.1) is 17.7 Å². The molecule has 3 aromatic carbocycles. The molecule has 0 saturated heterocycles. The molecule has 0 aromatic heterocycles. The Morgan fingerprint density at radius 2 is 1.97 bits per heavy atom. The van der Waals surface area contributed by atoms with Crippen LogP contribution >= 0.6 is 11.6 Å². The molecule has 0 amide bonds. The summed E-state index contributed by atoms with van der Waals surface area (Å²) in [5.74, 6) is 0.564. The Morgan fingerprint density at radius 3 is 2.80 bits per heavy atom. The number of aromatic hydroxyl groups is 1. The zero-order valence-electron chi connectivity index (χ0n) is 16.4. The summed E-state index contributed by atoms with van der Waals surface area (Å²) in [7, 11) is 1.90. The molecule has 2 aliphatic heterocycles. The highest BCUT2D eigenvalue weighted by Gasteiger charge is 2.24. The Labute approximate surface area is 179 Å². The zero-order chi connectivity index (χ0) is 20.7. The maximum absolute atomic E-state index is 10.5. The molecule has 0 unspecified atom stereocenters. The molecular weight excluding hydrogens is 398 g/mol. The van der Waals surface area contributed by atoms with Crippen LogP contribution in [0.3, 0.4) is 0 Å². The van der Waals surface area contributed by atoms with E-state index in [1.54, 1.807) is 12.1 Å². The van der Waals surface area contributed by atoms with Crippen molar-refractivity contribution >= 4 is 29.7 Å². The second kappa shape index (κ2) is 7.59. The molecule has 0 spiro atoms. The molecule has 0 atom stereocenters. The molecule has 2 N–H and O–H groups in total. The summed E-state index contributed by atoms with van der Waals surface area (Å²) in [4.78, 5) is 9.22. The summed E-state index contributed by atoms with van der Waals surface area (Å²) in [6, 6.07) is 13.4. The van der Waals surface area contributed by atoms with Crippen LogP contribution in [0.2, 0.25) is 5.02 Å². The second-order valence-electron chi connectivity index (χ2n) is 7.29. The molecular formula is C24H20ClN3O2. The lowest BCUT2D eigenvalue weighted by Crippen LogP contribution is -2.18. The fourth-order valence-corrected chi connectivity index (χ4v) is 4.20. The van der Waals surface area contributed by atoms with Gasteiger partial charge in [-0.3, -0.25) is 4.99 Å². The number of benzene rings is 3. The third kappa shape index (κ3) is 3.07. The van der Waals surface area contributed by atoms with E-state index in [4.69, 9.17) is 21.3 Å². The second-order valence-corrected chi connectivity index (χ2v) is 7.69. The van der Waals surface area contributed by atoms with Crippen molar-refractivity contribution < 1.29 is 9.84 Å². The predicted octanol–water partition coefficient (Wildman–Crippen LogP) is 3.80. The first-order valence-electron chi connectivity index (χ1n) is 9.86. The van der Waals surface area contributed by atoms with Crippen molar-refractivity contribution in [2.75, 3.05) is 20.2 Å². The van der Waals surface area contributed by atoms with Crippen molar-refractivity contribution in [2.24, 2.45) is 9.98 Å². The van der Waals surface area contributed by atoms with E-state index in [0.717, 1.165) is 57.0 Å². The highest BCUT2D eigenvalue weighted by atomic mass is 35.5. The molecule has 150 valence electrons. The maximum atomic E-state index is 10.5. The lowest BCUT2D eigenvalue weighted by Gasteiger charge is -2.11. The lowest BCUT2D eigenvalue weighted by molar-refractivity contribution is 0.293. The molecule has 3 aromatic rings. The first-order valence-corrected chi connectivity index (χ1v) is 10.2. The van der Waals surface area contributed by atoms with Crippen LogP contribution in [0.25, 0.3) is 28.5 Å². The number of nitrogens with zero attached hydrogens (tertiary/aromatic N) is 2. The Kier molecular flexibility index (Phi) is 4.77. The quantitative estimate of drug-likeness (QED) is 0.469. The summed E-state index contributed by atoms with van der Waals surface area (Å²) in [5, 5.41) is 16.2. The first kappa shape index (κ1) is 18.9. The van der Waals surface area contributed by atoms with Gasteiger partial charge in [0.1, 0.15) is 0 Å². The van der Waals surface area contributed by atoms with Crippen molar-refractivity contribution in [3.8, 4) is 33.8 Å². The van der Waals surface area contributed by atoms with E-state index in [1.807, 2.05) is 49.8 Å². The summed E-state index contributed by atoms with van der Waals surface area (Å²) < 4.78 is 5.76. The van der Waals surface area contributed by atoms with Crippen LogP contribution in [0.4, 0.5) is 5.69 Å². The van der Waals surface area contributed by atoms with E-state index in [2.05, 4.69) is 10.3 Å². The summed E-state index contributed by atoms with van der Waals surface area (Å²) in [6.07, 6.45) is 4.55. The van der Waals surface area contributed by atoms with Crippen LogP contribution in [0.1, 0.15) is 12.0 Å². The molecule has 0 fully saturated rings. The van der Waals surface area contributed by atoms with Crippen molar-refractivity contribution in [1.29, 1.82) is 0 Å². The van der Waals surface area contributed by atoms with Crippen molar-refractivity contribution in [3.63, 3.8) is 0 Å². The topological polar surface area (TPSA) is 66.2 Å². The molecule has 5 nitrogen and oxygen atoms in total. The highest BCUT2D eigenvalue weighted by molar-refractivity contribution is 6.33. The Hall–Kier alpha value is -3.15. The molecule has 0 saturated carbocycles. The van der Waals surface area contributed by atoms with Gasteiger partial charge in [0.15, 0.2) is 11.5 Å². The lowest BCUT2D eigenvalue weighted by atomic mass is 9.93. The van der Waals surface area contributed by atoms with Crippen LogP contribution in [-0.2, 0) is 0 Å². The maximum Gasteiger partial charge on any atom is 0.163 e. The fourth-order valence-electron chi connectivity index (χ4n) is 3.96. The number of rotatable bonds is 6. The molecule has 5 rings (SSSR count). The first-order chi connectivity index (χ1) is 14.7. The van der Waals surface area contributed by atoms with Crippen LogP contribution in [0.15, 0.2) is 52.4 Å². The SMILES string of the molecule is CNCCCOc1cc2c(cc1O)-c1c3c(c(-c4ccccc4Cl)cc1=N2)=CN=C3. The summed E-state index contributed by atoms with van der Waals surface area (Å²) in [5.41, 5.74) is 5.58. The van der Waals surface area contributed by atoms with Gasteiger partial charge in [0.25, 0.3) is 0 Å². The molecule has 0 bridgehead atoms. The van der Waals surface area contributed by atoms with Crippen LogP contribution in [-0.4, -0.2) is 31.5 Å². The van der Waals surface area contributed by atoms with Gasteiger partial charge in [-0.2, -0.15) is 0 Å². The number of ether oxygens (including phenoxy) is 1. The van der Waals surface area contributed by atoms with E-state index in [0.29, 0.717) is 17.4 Å². The van der Waals surface area contributed by atoms with E-state index in [9.17, 15) is 5.11 Å². The third-order valence-corrected chi connectivity index (χ3v) is 5.70. The average Bonchev–Trinajstić information content (AvgIpc) is 3.35. The molecule has 30 heavy (non-hydrogen) atoms.